The van der Waals surface area contributed by atoms with E-state index < -0.39 is 0 Å². The van der Waals surface area contributed by atoms with Gasteiger partial charge in [-0.3, -0.25) is 0 Å². The van der Waals surface area contributed by atoms with E-state index in [-0.39, 0.29) is 0 Å². The van der Waals surface area contributed by atoms with Gasteiger partial charge in [0.15, 0.2) is 0 Å². The highest BCUT2D eigenvalue weighted by molar-refractivity contribution is 5.87. The molecule has 0 aliphatic heterocycles. The fourth-order valence-corrected chi connectivity index (χ4v) is 2.30. The molecule has 0 spiro atoms. The van der Waals surface area contributed by atoms with Crippen molar-refractivity contribution in [1.29, 1.82) is 0 Å². The van der Waals surface area contributed by atoms with Gasteiger partial charge in [0.25, 0.3) is 0 Å². The van der Waals surface area contributed by atoms with Crippen molar-refractivity contribution in [2.75, 3.05) is 6.54 Å². The Morgan fingerprint density at radius 3 is 2.89 bits per heavy atom. The number of benzene rings is 1. The number of ether oxygens (including phenoxy) is 1. The fourth-order valence-electron chi connectivity index (χ4n) is 2.30. The zero-order valence-electron chi connectivity index (χ0n) is 11.4. The third-order valence-corrected chi connectivity index (χ3v) is 3.65. The van der Waals surface area contributed by atoms with Crippen LogP contribution >= 0.6 is 0 Å². The lowest BCUT2D eigenvalue weighted by molar-refractivity contribution is 0.116. The van der Waals surface area contributed by atoms with Crippen LogP contribution in [0, 0.1) is 0 Å². The van der Waals surface area contributed by atoms with E-state index in [1.165, 1.54) is 11.8 Å². The molecule has 3 rings (SSSR count). The molecule has 1 saturated carbocycles. The number of nitrogens with one attached hydrogen (secondary N) is 1. The van der Waals surface area contributed by atoms with Gasteiger partial charge in [-0.05, 0) is 43.3 Å². The second-order valence-electron chi connectivity index (χ2n) is 5.09. The number of pyridine rings is 1. The maximum absolute atomic E-state index is 6.05. The van der Waals surface area contributed by atoms with Crippen molar-refractivity contribution in [3.05, 3.63) is 36.0 Å². The van der Waals surface area contributed by atoms with Gasteiger partial charge in [0.1, 0.15) is 6.10 Å². The first-order valence-electron chi connectivity index (χ1n) is 7.13. The standard InChI is InChI=1S/C16H20N2O/c1-2-17-11-13-10-12-6-3-4-9-15(12)16(18-13)19-14-7-5-8-14/h3-4,6,9-10,14,17H,2,5,7-8,11H2,1H3. The largest absolute Gasteiger partial charge is 0.474 e. The summed E-state index contributed by atoms with van der Waals surface area (Å²) in [5.41, 5.74) is 1.05. The van der Waals surface area contributed by atoms with Crippen LogP contribution in [-0.2, 0) is 6.54 Å². The molecule has 0 amide bonds. The van der Waals surface area contributed by atoms with E-state index in [1.807, 2.05) is 6.07 Å². The van der Waals surface area contributed by atoms with Crippen LogP contribution in [0.25, 0.3) is 10.8 Å². The smallest absolute Gasteiger partial charge is 0.221 e. The van der Waals surface area contributed by atoms with Crippen LogP contribution in [0.2, 0.25) is 0 Å². The average molecular weight is 256 g/mol. The normalized spacial score (nSPS) is 15.4. The summed E-state index contributed by atoms with van der Waals surface area (Å²) in [6.45, 7) is 3.85. The van der Waals surface area contributed by atoms with E-state index in [1.54, 1.807) is 0 Å². The van der Waals surface area contributed by atoms with Crippen LogP contribution in [-0.4, -0.2) is 17.6 Å². The lowest BCUT2D eigenvalue weighted by atomic mass is 9.96. The monoisotopic (exact) mass is 256 g/mol. The van der Waals surface area contributed by atoms with Crippen molar-refractivity contribution in [1.82, 2.24) is 10.3 Å². The van der Waals surface area contributed by atoms with Gasteiger partial charge in [-0.1, -0.05) is 25.1 Å². The molecule has 1 N–H and O–H groups in total. The number of rotatable bonds is 5. The Morgan fingerprint density at radius 1 is 1.32 bits per heavy atom. The van der Waals surface area contributed by atoms with Crippen LogP contribution in [0.4, 0.5) is 0 Å². The summed E-state index contributed by atoms with van der Waals surface area (Å²) < 4.78 is 6.05. The Bertz CT molecular complexity index is 564. The van der Waals surface area contributed by atoms with Gasteiger partial charge in [0, 0.05) is 11.9 Å². The molecule has 1 aliphatic rings. The van der Waals surface area contributed by atoms with Gasteiger partial charge in [0.2, 0.25) is 5.88 Å². The SMILES string of the molecule is CCNCc1cc2ccccc2c(OC2CCC2)n1. The second-order valence-corrected chi connectivity index (χ2v) is 5.09. The number of nitrogens with zero attached hydrogens (tertiary/aromatic N) is 1. The molecule has 0 bridgehead atoms. The Kier molecular flexibility index (Phi) is 3.65. The van der Waals surface area contributed by atoms with Crippen molar-refractivity contribution in [3.8, 4) is 5.88 Å². The Labute approximate surface area is 114 Å². The molecule has 3 heteroatoms. The van der Waals surface area contributed by atoms with E-state index in [4.69, 9.17) is 4.74 Å². The molecule has 0 unspecified atom stereocenters. The Morgan fingerprint density at radius 2 is 2.16 bits per heavy atom. The van der Waals surface area contributed by atoms with E-state index in [2.05, 4.69) is 41.5 Å². The summed E-state index contributed by atoms with van der Waals surface area (Å²) in [7, 11) is 0. The summed E-state index contributed by atoms with van der Waals surface area (Å²) >= 11 is 0. The van der Waals surface area contributed by atoms with Crippen LogP contribution in [0.5, 0.6) is 5.88 Å². The van der Waals surface area contributed by atoms with Crippen molar-refractivity contribution < 1.29 is 4.74 Å². The zero-order chi connectivity index (χ0) is 13.1. The third-order valence-electron chi connectivity index (χ3n) is 3.65. The van der Waals surface area contributed by atoms with Crippen molar-refractivity contribution in [2.45, 2.75) is 38.8 Å². The predicted octanol–water partition coefficient (Wildman–Crippen LogP) is 3.28. The van der Waals surface area contributed by atoms with E-state index >= 15 is 0 Å². The van der Waals surface area contributed by atoms with E-state index in [0.717, 1.165) is 42.9 Å². The highest BCUT2D eigenvalue weighted by Gasteiger charge is 2.20. The number of aromatic nitrogens is 1. The highest BCUT2D eigenvalue weighted by atomic mass is 16.5. The average Bonchev–Trinajstić information content (AvgIpc) is 2.40. The van der Waals surface area contributed by atoms with Crippen LogP contribution < -0.4 is 10.1 Å². The molecule has 19 heavy (non-hydrogen) atoms. The minimum absolute atomic E-state index is 0.366. The van der Waals surface area contributed by atoms with Gasteiger partial charge < -0.3 is 10.1 Å². The summed E-state index contributed by atoms with van der Waals surface area (Å²) in [6.07, 6.45) is 3.96. The molecule has 3 nitrogen and oxygen atoms in total. The first-order valence-corrected chi connectivity index (χ1v) is 7.13. The lowest BCUT2D eigenvalue weighted by Gasteiger charge is -2.26. The third kappa shape index (κ3) is 2.71. The molecule has 0 radical (unpaired) electrons. The van der Waals surface area contributed by atoms with Gasteiger partial charge in [0.05, 0.1) is 5.69 Å². The summed E-state index contributed by atoms with van der Waals surface area (Å²) in [5.74, 6) is 0.802. The van der Waals surface area contributed by atoms with Gasteiger partial charge in [-0.25, -0.2) is 4.98 Å². The van der Waals surface area contributed by atoms with Crippen molar-refractivity contribution in [2.24, 2.45) is 0 Å². The molecule has 1 aliphatic carbocycles. The molecule has 100 valence electrons. The summed E-state index contributed by atoms with van der Waals surface area (Å²) in [4.78, 5) is 4.68. The molecule has 1 heterocycles. The Hall–Kier alpha value is -1.61. The van der Waals surface area contributed by atoms with E-state index in [9.17, 15) is 0 Å². The highest BCUT2D eigenvalue weighted by Crippen LogP contribution is 2.29. The van der Waals surface area contributed by atoms with Crippen LogP contribution in [0.3, 0.4) is 0 Å². The maximum atomic E-state index is 6.05. The quantitative estimate of drug-likeness (QED) is 0.891. The Balaban J connectivity index is 1.95. The second kappa shape index (κ2) is 5.57. The molecular weight excluding hydrogens is 236 g/mol. The fraction of sp³-hybridized carbons (Fsp3) is 0.438. The van der Waals surface area contributed by atoms with Gasteiger partial charge in [-0.15, -0.1) is 0 Å². The first-order chi connectivity index (χ1) is 9.36. The predicted molar refractivity (Wildman–Crippen MR) is 77.4 cm³/mol. The van der Waals surface area contributed by atoms with Gasteiger partial charge in [-0.2, -0.15) is 0 Å². The van der Waals surface area contributed by atoms with Crippen molar-refractivity contribution >= 4 is 10.8 Å². The maximum Gasteiger partial charge on any atom is 0.221 e. The topological polar surface area (TPSA) is 34.1 Å². The number of hydrogen-bond donors (Lipinski definition) is 1. The van der Waals surface area contributed by atoms with Crippen molar-refractivity contribution in [3.63, 3.8) is 0 Å². The number of fused-ring (bicyclic) bond motifs is 1. The van der Waals surface area contributed by atoms with Crippen LogP contribution in [0.1, 0.15) is 31.9 Å². The molecule has 2 aromatic rings. The van der Waals surface area contributed by atoms with Gasteiger partial charge >= 0.3 is 0 Å². The minimum atomic E-state index is 0.366. The first kappa shape index (κ1) is 12.4. The summed E-state index contributed by atoms with van der Waals surface area (Å²) in [6, 6.07) is 10.5. The molecular formula is C16H20N2O. The molecule has 1 aromatic heterocycles. The lowest BCUT2D eigenvalue weighted by Crippen LogP contribution is -2.25. The zero-order valence-corrected chi connectivity index (χ0v) is 11.4. The summed E-state index contributed by atoms with van der Waals surface area (Å²) in [5, 5.41) is 5.65. The number of hydrogen-bond acceptors (Lipinski definition) is 3. The molecule has 1 fully saturated rings. The molecule has 0 atom stereocenters. The van der Waals surface area contributed by atoms with E-state index in [0.29, 0.717) is 6.10 Å². The minimum Gasteiger partial charge on any atom is -0.474 e. The molecule has 0 saturated heterocycles. The molecule has 1 aromatic carbocycles. The van der Waals surface area contributed by atoms with Crippen LogP contribution in [0.15, 0.2) is 30.3 Å².